The molecule has 132 valence electrons. The number of urea groups is 1. The second-order valence-electron chi connectivity index (χ2n) is 6.20. The van der Waals surface area contributed by atoms with Crippen LogP contribution in [0.3, 0.4) is 0 Å². The summed E-state index contributed by atoms with van der Waals surface area (Å²) in [6.45, 7) is 5.48. The molecule has 2 aliphatic heterocycles. The summed E-state index contributed by atoms with van der Waals surface area (Å²) in [4.78, 5) is 28.4. The van der Waals surface area contributed by atoms with Crippen molar-refractivity contribution in [1.82, 2.24) is 15.1 Å². The van der Waals surface area contributed by atoms with E-state index in [1.54, 1.807) is 7.11 Å². The molecule has 0 aromatic heterocycles. The zero-order chi connectivity index (χ0) is 16.7. The minimum absolute atomic E-state index is 0.0141. The SMILES string of the molecule is CCCNC(=O)N1CCC(N(C(=O)COC)C2CCOCC2)C1. The molecule has 1 N–H and O–H groups in total. The van der Waals surface area contributed by atoms with Crippen molar-refractivity contribution in [1.29, 1.82) is 0 Å². The average Bonchev–Trinajstić information content (AvgIpc) is 3.04. The summed E-state index contributed by atoms with van der Waals surface area (Å²) >= 11 is 0. The maximum absolute atomic E-state index is 12.5. The number of carbonyl (C=O) groups is 2. The maximum atomic E-state index is 12.5. The quantitative estimate of drug-likeness (QED) is 0.784. The first kappa shape index (κ1) is 18.0. The van der Waals surface area contributed by atoms with E-state index in [1.165, 1.54) is 0 Å². The Labute approximate surface area is 138 Å². The summed E-state index contributed by atoms with van der Waals surface area (Å²) in [5.41, 5.74) is 0. The average molecular weight is 327 g/mol. The third-order valence-corrected chi connectivity index (χ3v) is 4.51. The predicted octanol–water partition coefficient (Wildman–Crippen LogP) is 0.834. The van der Waals surface area contributed by atoms with Crippen LogP contribution in [-0.4, -0.2) is 80.4 Å². The fourth-order valence-corrected chi connectivity index (χ4v) is 3.36. The molecule has 2 heterocycles. The van der Waals surface area contributed by atoms with Crippen LogP contribution in [0, 0.1) is 0 Å². The Morgan fingerprint density at radius 2 is 2.00 bits per heavy atom. The first-order valence-corrected chi connectivity index (χ1v) is 8.58. The Bertz CT molecular complexity index is 399. The third kappa shape index (κ3) is 4.81. The van der Waals surface area contributed by atoms with E-state index in [-0.39, 0.29) is 30.6 Å². The second-order valence-corrected chi connectivity index (χ2v) is 6.20. The van der Waals surface area contributed by atoms with Crippen molar-refractivity contribution in [3.63, 3.8) is 0 Å². The van der Waals surface area contributed by atoms with Gasteiger partial charge in [0.05, 0.1) is 6.04 Å². The lowest BCUT2D eigenvalue weighted by molar-refractivity contribution is -0.142. The van der Waals surface area contributed by atoms with E-state index in [9.17, 15) is 9.59 Å². The number of ether oxygens (including phenoxy) is 2. The number of carbonyl (C=O) groups excluding carboxylic acids is 2. The Hall–Kier alpha value is -1.34. The summed E-state index contributed by atoms with van der Waals surface area (Å²) in [6, 6.07) is 0.239. The van der Waals surface area contributed by atoms with Crippen LogP contribution in [0.1, 0.15) is 32.6 Å². The maximum Gasteiger partial charge on any atom is 0.317 e. The zero-order valence-corrected chi connectivity index (χ0v) is 14.3. The van der Waals surface area contributed by atoms with Gasteiger partial charge in [-0.15, -0.1) is 0 Å². The van der Waals surface area contributed by atoms with E-state index in [1.807, 2.05) is 16.7 Å². The van der Waals surface area contributed by atoms with Crippen molar-refractivity contribution in [2.24, 2.45) is 0 Å². The molecule has 2 rings (SSSR count). The van der Waals surface area contributed by atoms with Crippen molar-refractivity contribution >= 4 is 11.9 Å². The molecule has 2 aliphatic rings. The van der Waals surface area contributed by atoms with Crippen LogP contribution < -0.4 is 5.32 Å². The normalized spacial score (nSPS) is 22.2. The zero-order valence-electron chi connectivity index (χ0n) is 14.3. The molecule has 2 fully saturated rings. The predicted molar refractivity (Wildman–Crippen MR) is 86.2 cm³/mol. The highest BCUT2D eigenvalue weighted by Gasteiger charge is 2.37. The number of amides is 3. The monoisotopic (exact) mass is 327 g/mol. The van der Waals surface area contributed by atoms with Gasteiger partial charge in [0, 0.05) is 46.0 Å². The highest BCUT2D eigenvalue weighted by molar-refractivity contribution is 5.79. The van der Waals surface area contributed by atoms with Crippen LogP contribution in [0.5, 0.6) is 0 Å². The molecular formula is C16H29N3O4. The molecule has 0 bridgehead atoms. The molecule has 2 saturated heterocycles. The molecule has 23 heavy (non-hydrogen) atoms. The van der Waals surface area contributed by atoms with Gasteiger partial charge in [-0.05, 0) is 25.7 Å². The summed E-state index contributed by atoms with van der Waals surface area (Å²) in [5.74, 6) is 0.0141. The van der Waals surface area contributed by atoms with Gasteiger partial charge in [0.1, 0.15) is 6.61 Å². The molecule has 0 aromatic carbocycles. The molecule has 0 aromatic rings. The van der Waals surface area contributed by atoms with Crippen molar-refractivity contribution in [2.45, 2.75) is 44.7 Å². The lowest BCUT2D eigenvalue weighted by Crippen LogP contribution is -2.52. The number of rotatable bonds is 6. The minimum atomic E-state index is -0.0273. The van der Waals surface area contributed by atoms with E-state index < -0.39 is 0 Å². The first-order valence-electron chi connectivity index (χ1n) is 8.58. The summed E-state index contributed by atoms with van der Waals surface area (Å²) in [6.07, 6.45) is 3.46. The highest BCUT2D eigenvalue weighted by atomic mass is 16.5. The molecule has 1 atom stereocenters. The largest absolute Gasteiger partial charge is 0.381 e. The Kier molecular flexibility index (Phi) is 7.11. The van der Waals surface area contributed by atoms with Gasteiger partial charge in [0.2, 0.25) is 5.91 Å². The number of nitrogens with zero attached hydrogens (tertiary/aromatic N) is 2. The Balaban J connectivity index is 1.98. The first-order chi connectivity index (χ1) is 11.2. The molecule has 7 nitrogen and oxygen atoms in total. The van der Waals surface area contributed by atoms with Gasteiger partial charge < -0.3 is 24.6 Å². The number of likely N-dealkylation sites (tertiary alicyclic amines) is 1. The topological polar surface area (TPSA) is 71.1 Å². The van der Waals surface area contributed by atoms with Crippen molar-refractivity contribution in [3.05, 3.63) is 0 Å². The molecule has 0 aliphatic carbocycles. The molecule has 1 unspecified atom stereocenters. The molecular weight excluding hydrogens is 298 g/mol. The lowest BCUT2D eigenvalue weighted by atomic mass is 10.0. The van der Waals surface area contributed by atoms with Crippen LogP contribution in [-0.2, 0) is 14.3 Å². The molecule has 0 saturated carbocycles. The second kappa shape index (κ2) is 9.08. The van der Waals surface area contributed by atoms with Gasteiger partial charge in [0.25, 0.3) is 0 Å². The van der Waals surface area contributed by atoms with Crippen LogP contribution in [0.4, 0.5) is 4.79 Å². The van der Waals surface area contributed by atoms with Crippen molar-refractivity contribution in [3.8, 4) is 0 Å². The van der Waals surface area contributed by atoms with Crippen LogP contribution in [0.15, 0.2) is 0 Å². The summed E-state index contributed by atoms with van der Waals surface area (Å²) in [7, 11) is 1.54. The summed E-state index contributed by atoms with van der Waals surface area (Å²) in [5, 5.41) is 2.91. The summed E-state index contributed by atoms with van der Waals surface area (Å²) < 4.78 is 10.5. The van der Waals surface area contributed by atoms with Gasteiger partial charge in [-0.3, -0.25) is 4.79 Å². The van der Waals surface area contributed by atoms with Gasteiger partial charge >= 0.3 is 6.03 Å². The smallest absolute Gasteiger partial charge is 0.317 e. The molecule has 3 amide bonds. The lowest BCUT2D eigenvalue weighted by Gasteiger charge is -2.38. The minimum Gasteiger partial charge on any atom is -0.381 e. The number of hydrogen-bond acceptors (Lipinski definition) is 4. The van der Waals surface area contributed by atoms with E-state index in [4.69, 9.17) is 9.47 Å². The van der Waals surface area contributed by atoms with Crippen molar-refractivity contribution in [2.75, 3.05) is 46.6 Å². The van der Waals surface area contributed by atoms with E-state index in [0.29, 0.717) is 32.8 Å². The fraction of sp³-hybridized carbons (Fsp3) is 0.875. The number of methoxy groups -OCH3 is 1. The van der Waals surface area contributed by atoms with Crippen LogP contribution >= 0.6 is 0 Å². The molecule has 0 radical (unpaired) electrons. The van der Waals surface area contributed by atoms with E-state index in [2.05, 4.69) is 5.32 Å². The third-order valence-electron chi connectivity index (χ3n) is 4.51. The molecule has 0 spiro atoms. The van der Waals surface area contributed by atoms with Gasteiger partial charge in [-0.1, -0.05) is 6.92 Å². The number of nitrogens with one attached hydrogen (secondary N) is 1. The van der Waals surface area contributed by atoms with Gasteiger partial charge in [0.15, 0.2) is 0 Å². The van der Waals surface area contributed by atoms with E-state index in [0.717, 1.165) is 25.7 Å². The van der Waals surface area contributed by atoms with Crippen molar-refractivity contribution < 1.29 is 19.1 Å². The van der Waals surface area contributed by atoms with Gasteiger partial charge in [-0.25, -0.2) is 4.79 Å². The number of hydrogen-bond donors (Lipinski definition) is 1. The Morgan fingerprint density at radius 1 is 1.26 bits per heavy atom. The van der Waals surface area contributed by atoms with Crippen LogP contribution in [0.25, 0.3) is 0 Å². The van der Waals surface area contributed by atoms with E-state index >= 15 is 0 Å². The van der Waals surface area contributed by atoms with Gasteiger partial charge in [-0.2, -0.15) is 0 Å². The standard InChI is InChI=1S/C16H29N3O4/c1-3-7-17-16(21)18-8-4-14(11-18)19(15(20)12-22-2)13-5-9-23-10-6-13/h13-14H,3-12H2,1-2H3,(H,17,21). The fourth-order valence-electron chi connectivity index (χ4n) is 3.36. The molecule has 7 heteroatoms. The Morgan fingerprint density at radius 3 is 2.65 bits per heavy atom. The van der Waals surface area contributed by atoms with Crippen LogP contribution in [0.2, 0.25) is 0 Å². The highest BCUT2D eigenvalue weighted by Crippen LogP contribution is 2.23.